The number of rotatable bonds is 2. The van der Waals surface area contributed by atoms with Crippen molar-refractivity contribution in [2.24, 2.45) is 5.92 Å². The van der Waals surface area contributed by atoms with Gasteiger partial charge in [0.15, 0.2) is 16.7 Å². The molecule has 1 amide bonds. The van der Waals surface area contributed by atoms with E-state index in [-0.39, 0.29) is 29.5 Å². The molecule has 1 aromatic heterocycles. The van der Waals surface area contributed by atoms with E-state index in [1.54, 1.807) is 23.7 Å². The van der Waals surface area contributed by atoms with E-state index in [0.717, 1.165) is 25.7 Å². The Bertz CT molecular complexity index is 956. The number of ether oxygens (including phenoxy) is 1. The summed E-state index contributed by atoms with van der Waals surface area (Å²) in [5, 5.41) is 2.24. The van der Waals surface area contributed by atoms with E-state index >= 15 is 0 Å². The van der Waals surface area contributed by atoms with Gasteiger partial charge >= 0.3 is 0 Å². The molecule has 1 aromatic carbocycles. The van der Waals surface area contributed by atoms with E-state index in [1.807, 2.05) is 0 Å². The predicted molar refractivity (Wildman–Crippen MR) is 97.6 cm³/mol. The van der Waals surface area contributed by atoms with Crippen LogP contribution in [0, 0.1) is 11.7 Å². The number of hydrogen-bond donors (Lipinski definition) is 0. The third kappa shape index (κ3) is 2.52. The van der Waals surface area contributed by atoms with Gasteiger partial charge in [0, 0.05) is 11.6 Å². The van der Waals surface area contributed by atoms with Gasteiger partial charge in [-0.3, -0.25) is 14.5 Å². The fraction of sp³-hybridized carbons (Fsp3) is 0.350. The molecule has 3 atom stereocenters. The number of carbonyl (C=O) groups is 2. The zero-order valence-corrected chi connectivity index (χ0v) is 15.2. The molecule has 0 bridgehead atoms. The molecule has 1 fully saturated rings. The minimum Gasteiger partial charge on any atom is -0.483 e. The maximum atomic E-state index is 13.9. The van der Waals surface area contributed by atoms with Crippen LogP contribution in [0.3, 0.4) is 0 Å². The Labute approximate surface area is 159 Å². The van der Waals surface area contributed by atoms with Crippen LogP contribution in [0.4, 0.5) is 9.52 Å². The molecule has 7 heteroatoms. The van der Waals surface area contributed by atoms with Crippen molar-refractivity contribution in [3.63, 3.8) is 0 Å². The molecule has 3 aliphatic rings. The zero-order chi connectivity index (χ0) is 18.5. The minimum absolute atomic E-state index is 0.0392. The molecular formula is C20H17FN2O3S. The first-order valence-electron chi connectivity index (χ1n) is 9.08. The fourth-order valence-electron chi connectivity index (χ4n) is 4.37. The normalized spacial score (nSPS) is 27.4. The summed E-state index contributed by atoms with van der Waals surface area (Å²) in [5.41, 5.74) is 0.902. The monoisotopic (exact) mass is 384 g/mol. The molecule has 1 aliphatic carbocycles. The lowest BCUT2D eigenvalue weighted by molar-refractivity contribution is -0.131. The van der Waals surface area contributed by atoms with Crippen LogP contribution in [0.25, 0.3) is 0 Å². The average molecular weight is 384 g/mol. The molecule has 5 rings (SSSR count). The third-order valence-corrected chi connectivity index (χ3v) is 6.32. The largest absolute Gasteiger partial charge is 0.483 e. The molecular weight excluding hydrogens is 367 g/mol. The van der Waals surface area contributed by atoms with E-state index in [9.17, 15) is 14.0 Å². The maximum Gasteiger partial charge on any atom is 0.296 e. The van der Waals surface area contributed by atoms with Crippen LogP contribution in [0.2, 0.25) is 0 Å². The maximum absolute atomic E-state index is 13.9. The Morgan fingerprint density at radius 2 is 2.07 bits per heavy atom. The lowest BCUT2D eigenvalue weighted by Gasteiger charge is -2.35. The number of anilines is 1. The van der Waals surface area contributed by atoms with Crippen molar-refractivity contribution in [1.29, 1.82) is 0 Å². The smallest absolute Gasteiger partial charge is 0.296 e. The summed E-state index contributed by atoms with van der Waals surface area (Å²) in [7, 11) is 0. The number of nitrogens with zero attached hydrogens (tertiary/aromatic N) is 2. The Morgan fingerprint density at radius 1 is 1.22 bits per heavy atom. The number of halogens is 1. The highest BCUT2D eigenvalue weighted by Gasteiger charge is 2.53. The first kappa shape index (κ1) is 16.6. The second kappa shape index (κ2) is 6.27. The number of amides is 1. The van der Waals surface area contributed by atoms with E-state index < -0.39 is 11.9 Å². The van der Waals surface area contributed by atoms with Crippen molar-refractivity contribution < 1.29 is 18.7 Å². The van der Waals surface area contributed by atoms with Gasteiger partial charge in [-0.1, -0.05) is 18.6 Å². The van der Waals surface area contributed by atoms with Crippen LogP contribution in [-0.4, -0.2) is 22.8 Å². The summed E-state index contributed by atoms with van der Waals surface area (Å²) in [4.78, 5) is 32.3. The van der Waals surface area contributed by atoms with Gasteiger partial charge in [0.25, 0.3) is 5.91 Å². The SMILES string of the molecule is O=C1C2=C(OC3CCCCC13)C(=O)N(c1nccs1)C2c1cccc(F)c1. The Morgan fingerprint density at radius 3 is 2.85 bits per heavy atom. The first-order chi connectivity index (χ1) is 13.1. The van der Waals surface area contributed by atoms with Gasteiger partial charge in [-0.25, -0.2) is 9.37 Å². The molecule has 2 aliphatic heterocycles. The van der Waals surface area contributed by atoms with E-state index in [2.05, 4.69) is 4.98 Å². The molecule has 1 saturated carbocycles. The van der Waals surface area contributed by atoms with Crippen molar-refractivity contribution in [3.8, 4) is 0 Å². The minimum atomic E-state index is -0.704. The molecule has 138 valence electrons. The van der Waals surface area contributed by atoms with E-state index in [4.69, 9.17) is 4.74 Å². The van der Waals surface area contributed by atoms with Crippen LogP contribution in [0.15, 0.2) is 47.2 Å². The fourth-order valence-corrected chi connectivity index (χ4v) is 5.04. The molecule has 3 unspecified atom stereocenters. The molecule has 3 heterocycles. The van der Waals surface area contributed by atoms with Crippen LogP contribution in [0.5, 0.6) is 0 Å². The van der Waals surface area contributed by atoms with Gasteiger partial charge in [0.2, 0.25) is 0 Å². The van der Waals surface area contributed by atoms with Crippen LogP contribution < -0.4 is 4.90 Å². The summed E-state index contributed by atoms with van der Waals surface area (Å²) >= 11 is 1.31. The summed E-state index contributed by atoms with van der Waals surface area (Å²) in [5.74, 6) is -0.924. The number of hydrogen-bond acceptors (Lipinski definition) is 5. The van der Waals surface area contributed by atoms with Crippen molar-refractivity contribution in [1.82, 2.24) is 4.98 Å². The van der Waals surface area contributed by atoms with E-state index in [1.165, 1.54) is 28.4 Å². The van der Waals surface area contributed by atoms with Crippen molar-refractivity contribution in [2.75, 3.05) is 4.90 Å². The number of thiazole rings is 1. The van der Waals surface area contributed by atoms with Crippen molar-refractivity contribution in [2.45, 2.75) is 37.8 Å². The third-order valence-electron chi connectivity index (χ3n) is 5.55. The summed E-state index contributed by atoms with van der Waals surface area (Å²) in [6, 6.07) is 5.34. The molecule has 27 heavy (non-hydrogen) atoms. The average Bonchev–Trinajstić information content (AvgIpc) is 3.29. The summed E-state index contributed by atoms with van der Waals surface area (Å²) in [6.07, 6.45) is 4.89. The van der Waals surface area contributed by atoms with Gasteiger partial charge in [0.05, 0.1) is 17.5 Å². The summed E-state index contributed by atoms with van der Waals surface area (Å²) in [6.45, 7) is 0. The number of benzene rings is 1. The molecule has 2 aromatic rings. The molecule has 0 N–H and O–H groups in total. The highest BCUT2D eigenvalue weighted by molar-refractivity contribution is 7.13. The van der Waals surface area contributed by atoms with Crippen molar-refractivity contribution >= 4 is 28.2 Å². The van der Waals surface area contributed by atoms with Crippen molar-refractivity contribution in [3.05, 3.63) is 58.6 Å². The van der Waals surface area contributed by atoms with Crippen LogP contribution in [0.1, 0.15) is 37.3 Å². The first-order valence-corrected chi connectivity index (χ1v) is 9.96. The Kier molecular flexibility index (Phi) is 3.86. The standard InChI is InChI=1S/C20H17FN2O3S/c21-12-5-3-4-11(10-12)16-15-17(24)13-6-1-2-7-14(13)26-18(15)19(25)23(16)20-22-8-9-27-20/h3-5,8-10,13-14,16H,1-2,6-7H2. The van der Waals surface area contributed by atoms with Gasteiger partial charge in [-0.05, 0) is 37.0 Å². The summed E-state index contributed by atoms with van der Waals surface area (Å²) < 4.78 is 20.0. The van der Waals surface area contributed by atoms with Crippen LogP contribution in [-0.2, 0) is 14.3 Å². The number of fused-ring (bicyclic) bond motifs is 1. The molecule has 0 radical (unpaired) electrons. The number of ketones is 1. The van der Waals surface area contributed by atoms with Gasteiger partial charge in [-0.2, -0.15) is 0 Å². The second-order valence-corrected chi connectivity index (χ2v) is 7.97. The quantitative estimate of drug-likeness (QED) is 0.791. The topological polar surface area (TPSA) is 59.5 Å². The highest BCUT2D eigenvalue weighted by Crippen LogP contribution is 2.48. The molecule has 5 nitrogen and oxygen atoms in total. The lowest BCUT2D eigenvalue weighted by atomic mass is 9.77. The van der Waals surface area contributed by atoms with Gasteiger partial charge in [-0.15, -0.1) is 11.3 Å². The second-order valence-electron chi connectivity index (χ2n) is 7.10. The zero-order valence-electron chi connectivity index (χ0n) is 14.4. The van der Waals surface area contributed by atoms with Gasteiger partial charge < -0.3 is 4.74 Å². The Balaban J connectivity index is 1.67. The highest BCUT2D eigenvalue weighted by atomic mass is 32.1. The number of carbonyl (C=O) groups excluding carboxylic acids is 2. The lowest BCUT2D eigenvalue weighted by Crippen LogP contribution is -2.39. The van der Waals surface area contributed by atoms with Gasteiger partial charge in [0.1, 0.15) is 11.9 Å². The Hall–Kier alpha value is -2.54. The van der Waals surface area contributed by atoms with E-state index in [0.29, 0.717) is 16.3 Å². The molecule has 0 saturated heterocycles. The molecule has 0 spiro atoms. The number of Topliss-reactive ketones (excluding diaryl/α,β-unsaturated/α-hetero) is 1. The number of aromatic nitrogens is 1. The van der Waals surface area contributed by atoms with Crippen LogP contribution >= 0.6 is 11.3 Å². The predicted octanol–water partition coefficient (Wildman–Crippen LogP) is 3.78.